The number of nitriles is 1. The monoisotopic (exact) mass is 649 g/mol. The van der Waals surface area contributed by atoms with Crippen LogP contribution in [0.3, 0.4) is 0 Å². The van der Waals surface area contributed by atoms with Crippen molar-refractivity contribution in [2.24, 2.45) is 5.41 Å². The van der Waals surface area contributed by atoms with Gasteiger partial charge in [0.25, 0.3) is 0 Å². The molecule has 4 nitrogen and oxygen atoms in total. The second-order valence-corrected chi connectivity index (χ2v) is 11.3. The van der Waals surface area contributed by atoms with Gasteiger partial charge in [-0.2, -0.15) is 31.6 Å². The molecule has 204 valence electrons. The van der Waals surface area contributed by atoms with Gasteiger partial charge in [0.15, 0.2) is 0 Å². The summed E-state index contributed by atoms with van der Waals surface area (Å²) in [6.45, 7) is 1.12. The molecule has 1 saturated carbocycles. The molecule has 1 heterocycles. The maximum atomic E-state index is 13.1. The van der Waals surface area contributed by atoms with E-state index in [-0.39, 0.29) is 30.5 Å². The van der Waals surface area contributed by atoms with Crippen LogP contribution in [-0.2, 0) is 23.7 Å². The summed E-state index contributed by atoms with van der Waals surface area (Å²) < 4.78 is 80.1. The molecule has 1 aliphatic heterocycles. The molecule has 2 fully saturated rings. The predicted molar refractivity (Wildman–Crippen MR) is 137 cm³/mol. The zero-order valence-corrected chi connectivity index (χ0v) is 22.5. The quantitative estimate of drug-likeness (QED) is 0.284. The molecule has 0 spiro atoms. The minimum Gasteiger partial charge on any atom is -0.351 e. The number of hydrogen-bond donors (Lipinski definition) is 1. The van der Waals surface area contributed by atoms with Crippen LogP contribution < -0.4 is 5.32 Å². The predicted octanol–water partition coefficient (Wildman–Crippen LogP) is 6.89. The van der Waals surface area contributed by atoms with E-state index in [1.54, 1.807) is 0 Å². The molecule has 2 unspecified atom stereocenters. The standard InChI is InChI=1S/C27H26F6IN3O/c28-26(29,30)20-11-17(12-21(13-20)27(31,32)33)15-36-24(38)25(16-35)8-5-23(14-25)37-9-6-19(7-10-37)18-1-3-22(34)4-2-18/h1-4,11-13,19,23H,5-10,14-15H2,(H,36,38). The molecule has 2 aromatic rings. The normalized spacial score (nSPS) is 23.3. The first-order valence-electron chi connectivity index (χ1n) is 12.3. The van der Waals surface area contributed by atoms with Crippen molar-refractivity contribution >= 4 is 28.5 Å². The fraction of sp³-hybridized carbons (Fsp3) is 0.481. The first-order chi connectivity index (χ1) is 17.8. The van der Waals surface area contributed by atoms with Gasteiger partial charge in [-0.1, -0.05) is 12.1 Å². The van der Waals surface area contributed by atoms with E-state index in [9.17, 15) is 36.4 Å². The maximum Gasteiger partial charge on any atom is 0.416 e. The van der Waals surface area contributed by atoms with Crippen molar-refractivity contribution in [1.29, 1.82) is 5.26 Å². The SMILES string of the molecule is N#CC1(C(=O)NCc2cc(C(F)(F)F)cc(C(F)(F)F)c2)CCC(N2CCC(c3ccc(I)cc3)CC2)C1. The van der Waals surface area contributed by atoms with Crippen LogP contribution in [0.2, 0.25) is 0 Å². The van der Waals surface area contributed by atoms with Gasteiger partial charge in [0, 0.05) is 16.2 Å². The van der Waals surface area contributed by atoms with Crippen LogP contribution in [0.25, 0.3) is 0 Å². The number of alkyl halides is 6. The number of nitrogens with zero attached hydrogens (tertiary/aromatic N) is 2. The highest BCUT2D eigenvalue weighted by Gasteiger charge is 2.47. The number of benzene rings is 2. The number of carbonyl (C=O) groups excluding carboxylic acids is 1. The van der Waals surface area contributed by atoms with E-state index in [1.165, 1.54) is 9.13 Å². The molecule has 1 amide bonds. The number of likely N-dealkylation sites (tertiary alicyclic amines) is 1. The molecule has 2 aliphatic rings. The molecular formula is C27H26F6IN3O. The van der Waals surface area contributed by atoms with Gasteiger partial charge in [-0.3, -0.25) is 4.79 Å². The second kappa shape index (κ2) is 11.0. The first kappa shape index (κ1) is 28.7. The summed E-state index contributed by atoms with van der Waals surface area (Å²) in [5, 5.41) is 12.3. The molecule has 0 bridgehead atoms. The van der Waals surface area contributed by atoms with E-state index < -0.39 is 41.3 Å². The summed E-state index contributed by atoms with van der Waals surface area (Å²) in [4.78, 5) is 15.3. The van der Waals surface area contributed by atoms with Gasteiger partial charge in [0.1, 0.15) is 5.41 Å². The second-order valence-electron chi connectivity index (χ2n) is 10.0. The Morgan fingerprint density at radius 3 is 2.11 bits per heavy atom. The molecule has 1 saturated heterocycles. The summed E-state index contributed by atoms with van der Waals surface area (Å²) in [7, 11) is 0. The molecular weight excluding hydrogens is 623 g/mol. The molecule has 2 aromatic carbocycles. The molecule has 11 heteroatoms. The Balaban J connectivity index is 1.38. The van der Waals surface area contributed by atoms with Gasteiger partial charge in [-0.15, -0.1) is 0 Å². The molecule has 0 radical (unpaired) electrons. The lowest BCUT2D eigenvalue weighted by molar-refractivity contribution is -0.143. The smallest absolute Gasteiger partial charge is 0.351 e. The Labute approximate surface area is 230 Å². The van der Waals surface area contributed by atoms with E-state index in [4.69, 9.17) is 0 Å². The zero-order chi connectivity index (χ0) is 27.7. The zero-order valence-electron chi connectivity index (χ0n) is 20.3. The van der Waals surface area contributed by atoms with Gasteiger partial charge >= 0.3 is 12.4 Å². The van der Waals surface area contributed by atoms with Crippen molar-refractivity contribution in [2.75, 3.05) is 13.1 Å². The third kappa shape index (κ3) is 6.45. The highest BCUT2D eigenvalue weighted by Crippen LogP contribution is 2.42. The molecule has 1 aliphatic carbocycles. The summed E-state index contributed by atoms with van der Waals surface area (Å²) in [5.74, 6) is -0.218. The molecule has 2 atom stereocenters. The number of rotatable bonds is 5. The van der Waals surface area contributed by atoms with Crippen molar-refractivity contribution in [3.05, 3.63) is 68.3 Å². The molecule has 38 heavy (non-hydrogen) atoms. The number of halogens is 7. The summed E-state index contributed by atoms with van der Waals surface area (Å²) in [6, 6.07) is 11.8. The molecule has 0 aromatic heterocycles. The van der Waals surface area contributed by atoms with Crippen LogP contribution in [0, 0.1) is 20.3 Å². The van der Waals surface area contributed by atoms with Crippen molar-refractivity contribution < 1.29 is 31.1 Å². The third-order valence-corrected chi connectivity index (χ3v) is 8.34. The number of amides is 1. The van der Waals surface area contributed by atoms with E-state index in [0.717, 1.165) is 25.9 Å². The fourth-order valence-electron chi connectivity index (χ4n) is 5.50. The van der Waals surface area contributed by atoms with Gasteiger partial charge in [0.2, 0.25) is 5.91 Å². The van der Waals surface area contributed by atoms with E-state index in [2.05, 4.69) is 63.1 Å². The van der Waals surface area contributed by atoms with Crippen LogP contribution in [-0.4, -0.2) is 29.9 Å². The Bertz CT molecular complexity index is 1170. The van der Waals surface area contributed by atoms with Crippen LogP contribution in [0.5, 0.6) is 0 Å². The maximum absolute atomic E-state index is 13.1. The number of nitrogens with one attached hydrogen (secondary N) is 1. The molecule has 1 N–H and O–H groups in total. The minimum absolute atomic E-state index is 0.0171. The Morgan fingerprint density at radius 2 is 1.58 bits per heavy atom. The first-order valence-corrected chi connectivity index (χ1v) is 13.4. The van der Waals surface area contributed by atoms with Crippen molar-refractivity contribution in [1.82, 2.24) is 10.2 Å². The Kier molecular flexibility index (Phi) is 8.33. The minimum atomic E-state index is -4.97. The van der Waals surface area contributed by atoms with Crippen LogP contribution in [0.15, 0.2) is 42.5 Å². The van der Waals surface area contributed by atoms with Gasteiger partial charge < -0.3 is 10.2 Å². The van der Waals surface area contributed by atoms with Crippen LogP contribution in [0.1, 0.15) is 60.3 Å². The van der Waals surface area contributed by atoms with E-state index in [0.29, 0.717) is 24.5 Å². The Hall–Kier alpha value is -2.33. The fourth-order valence-corrected chi connectivity index (χ4v) is 5.85. The lowest BCUT2D eigenvalue weighted by Crippen LogP contribution is -2.43. The molecule has 4 rings (SSSR count). The average Bonchev–Trinajstić information content (AvgIpc) is 3.33. The summed E-state index contributed by atoms with van der Waals surface area (Å²) in [6.07, 6.45) is -6.84. The summed E-state index contributed by atoms with van der Waals surface area (Å²) in [5.41, 5.74) is -3.29. The average molecular weight is 649 g/mol. The van der Waals surface area contributed by atoms with Gasteiger partial charge in [0.05, 0.1) is 17.2 Å². The lowest BCUT2D eigenvalue weighted by atomic mass is 9.85. The van der Waals surface area contributed by atoms with Crippen molar-refractivity contribution in [3.63, 3.8) is 0 Å². The Morgan fingerprint density at radius 1 is 1.00 bits per heavy atom. The van der Waals surface area contributed by atoms with E-state index in [1.807, 2.05) is 0 Å². The third-order valence-electron chi connectivity index (χ3n) is 7.62. The highest BCUT2D eigenvalue weighted by molar-refractivity contribution is 14.1. The topological polar surface area (TPSA) is 56.1 Å². The van der Waals surface area contributed by atoms with Crippen molar-refractivity contribution in [3.8, 4) is 6.07 Å². The highest BCUT2D eigenvalue weighted by atomic mass is 127. The number of piperidine rings is 1. The van der Waals surface area contributed by atoms with Crippen molar-refractivity contribution in [2.45, 2.75) is 63.0 Å². The largest absolute Gasteiger partial charge is 0.416 e. The van der Waals surface area contributed by atoms with E-state index >= 15 is 0 Å². The van der Waals surface area contributed by atoms with Gasteiger partial charge in [-0.05, 0) is 115 Å². The number of carbonyl (C=O) groups is 1. The summed E-state index contributed by atoms with van der Waals surface area (Å²) >= 11 is 2.27. The lowest BCUT2D eigenvalue weighted by Gasteiger charge is -2.36. The van der Waals surface area contributed by atoms with Crippen LogP contribution >= 0.6 is 22.6 Å². The number of hydrogen-bond acceptors (Lipinski definition) is 3. The van der Waals surface area contributed by atoms with Gasteiger partial charge in [-0.25, -0.2) is 0 Å². The van der Waals surface area contributed by atoms with Crippen LogP contribution in [0.4, 0.5) is 26.3 Å².